The van der Waals surface area contributed by atoms with E-state index in [0.717, 1.165) is 12.2 Å². The van der Waals surface area contributed by atoms with Crippen molar-refractivity contribution in [3.05, 3.63) is 0 Å². The predicted molar refractivity (Wildman–Crippen MR) is 67.2 cm³/mol. The van der Waals surface area contributed by atoms with Crippen molar-refractivity contribution in [2.75, 3.05) is 5.75 Å². The normalized spacial score (nSPS) is 20.1. The summed E-state index contributed by atoms with van der Waals surface area (Å²) in [5, 5.41) is 3.12. The van der Waals surface area contributed by atoms with E-state index in [1.807, 2.05) is 0 Å². The molecule has 0 aromatic heterocycles. The third-order valence-corrected chi connectivity index (χ3v) is 4.09. The maximum Gasteiger partial charge on any atom is 0.220 e. The molecule has 88 valence electrons. The maximum absolute atomic E-state index is 11.8. The predicted octanol–water partition coefficient (Wildman–Crippen LogP) is 2.64. The first-order valence-corrected chi connectivity index (χ1v) is 6.56. The van der Waals surface area contributed by atoms with Crippen LogP contribution in [0.25, 0.3) is 0 Å². The number of thiol groups is 1. The molecule has 15 heavy (non-hydrogen) atoms. The van der Waals surface area contributed by atoms with Crippen LogP contribution < -0.4 is 5.32 Å². The number of amides is 1. The van der Waals surface area contributed by atoms with Crippen molar-refractivity contribution in [2.24, 2.45) is 11.3 Å². The van der Waals surface area contributed by atoms with Crippen LogP contribution in [0.15, 0.2) is 0 Å². The van der Waals surface area contributed by atoms with Gasteiger partial charge in [0.2, 0.25) is 5.91 Å². The Balaban J connectivity index is 2.35. The molecule has 1 saturated carbocycles. The number of hydrogen-bond acceptors (Lipinski definition) is 2. The number of carbonyl (C=O) groups excluding carboxylic acids is 1. The van der Waals surface area contributed by atoms with Gasteiger partial charge in [0.25, 0.3) is 0 Å². The van der Waals surface area contributed by atoms with Crippen LogP contribution in [0.5, 0.6) is 0 Å². The van der Waals surface area contributed by atoms with Crippen LogP contribution in [0.3, 0.4) is 0 Å². The molecule has 1 atom stereocenters. The fourth-order valence-corrected chi connectivity index (χ4v) is 2.33. The van der Waals surface area contributed by atoms with E-state index in [4.69, 9.17) is 0 Å². The molecule has 1 aliphatic carbocycles. The quantitative estimate of drug-likeness (QED) is 0.674. The number of carbonyl (C=O) groups is 1. The van der Waals surface area contributed by atoms with Gasteiger partial charge in [0.05, 0.1) is 0 Å². The third-order valence-electron chi connectivity index (χ3n) is 3.42. The fraction of sp³-hybridized carbons (Fsp3) is 0.917. The molecule has 1 fully saturated rings. The van der Waals surface area contributed by atoms with Crippen LogP contribution in [-0.2, 0) is 4.79 Å². The Labute approximate surface area is 98.6 Å². The van der Waals surface area contributed by atoms with E-state index in [9.17, 15) is 4.79 Å². The molecular weight excluding hydrogens is 206 g/mol. The minimum absolute atomic E-state index is 0.210. The van der Waals surface area contributed by atoms with E-state index in [1.54, 1.807) is 0 Å². The molecule has 0 bridgehead atoms. The Morgan fingerprint density at radius 1 is 1.47 bits per heavy atom. The summed E-state index contributed by atoms with van der Waals surface area (Å²) < 4.78 is 0. The molecule has 0 aromatic carbocycles. The lowest BCUT2D eigenvalue weighted by Gasteiger charge is -2.22. The average molecular weight is 229 g/mol. The highest BCUT2D eigenvalue weighted by Crippen LogP contribution is 2.49. The second-order valence-electron chi connectivity index (χ2n) is 5.16. The first kappa shape index (κ1) is 12.9. The zero-order valence-electron chi connectivity index (χ0n) is 10.0. The van der Waals surface area contributed by atoms with Gasteiger partial charge in [0, 0.05) is 12.5 Å². The van der Waals surface area contributed by atoms with E-state index in [2.05, 4.69) is 38.7 Å². The van der Waals surface area contributed by atoms with E-state index < -0.39 is 0 Å². The second-order valence-corrected chi connectivity index (χ2v) is 5.48. The zero-order valence-corrected chi connectivity index (χ0v) is 10.9. The monoisotopic (exact) mass is 229 g/mol. The topological polar surface area (TPSA) is 29.1 Å². The average Bonchev–Trinajstić information content (AvgIpc) is 2.94. The maximum atomic E-state index is 11.8. The Hall–Kier alpha value is -0.180. The van der Waals surface area contributed by atoms with E-state index in [-0.39, 0.29) is 11.3 Å². The lowest BCUT2D eigenvalue weighted by atomic mass is 10.00. The number of rotatable bonds is 6. The third kappa shape index (κ3) is 3.71. The van der Waals surface area contributed by atoms with Gasteiger partial charge < -0.3 is 5.32 Å². The molecule has 1 N–H and O–H groups in total. The first-order chi connectivity index (χ1) is 7.03. The van der Waals surface area contributed by atoms with Crippen LogP contribution in [0.4, 0.5) is 0 Å². The second kappa shape index (κ2) is 5.24. The van der Waals surface area contributed by atoms with Crippen LogP contribution in [-0.4, -0.2) is 17.7 Å². The molecule has 1 unspecified atom stereocenters. The minimum Gasteiger partial charge on any atom is -0.353 e. The highest BCUT2D eigenvalue weighted by atomic mass is 32.1. The molecular formula is C12H23NOS. The van der Waals surface area contributed by atoms with Gasteiger partial charge in [0.15, 0.2) is 0 Å². The van der Waals surface area contributed by atoms with Crippen molar-refractivity contribution in [3.63, 3.8) is 0 Å². The Bertz CT molecular complexity index is 224. The molecule has 2 nitrogen and oxygen atoms in total. The SMILES string of the molecule is CCC(NC(=O)CC1(CS)CC1)C(C)C. The summed E-state index contributed by atoms with van der Waals surface area (Å²) in [7, 11) is 0. The van der Waals surface area contributed by atoms with Gasteiger partial charge in [-0.2, -0.15) is 12.6 Å². The largest absolute Gasteiger partial charge is 0.353 e. The highest BCUT2D eigenvalue weighted by Gasteiger charge is 2.43. The summed E-state index contributed by atoms with van der Waals surface area (Å²) in [6.07, 6.45) is 4.02. The standard InChI is InChI=1S/C12H23NOS/c1-4-10(9(2)3)13-11(14)7-12(8-15)5-6-12/h9-10,15H,4-8H2,1-3H3,(H,13,14). The summed E-state index contributed by atoms with van der Waals surface area (Å²) in [5.74, 6) is 1.58. The first-order valence-electron chi connectivity index (χ1n) is 5.93. The fourth-order valence-electron chi connectivity index (χ4n) is 1.91. The van der Waals surface area contributed by atoms with Gasteiger partial charge in [0.1, 0.15) is 0 Å². The lowest BCUT2D eigenvalue weighted by molar-refractivity contribution is -0.123. The van der Waals surface area contributed by atoms with Gasteiger partial charge >= 0.3 is 0 Å². The molecule has 0 spiro atoms. The van der Waals surface area contributed by atoms with E-state index in [1.165, 1.54) is 12.8 Å². The smallest absolute Gasteiger partial charge is 0.220 e. The van der Waals surface area contributed by atoms with Gasteiger partial charge in [-0.3, -0.25) is 4.79 Å². The lowest BCUT2D eigenvalue weighted by Crippen LogP contribution is -2.39. The molecule has 0 saturated heterocycles. The minimum atomic E-state index is 0.210. The summed E-state index contributed by atoms with van der Waals surface area (Å²) >= 11 is 4.31. The molecule has 1 amide bonds. The Kier molecular flexibility index (Phi) is 4.50. The molecule has 0 radical (unpaired) electrons. The summed E-state index contributed by atoms with van der Waals surface area (Å²) in [5.41, 5.74) is 0.239. The van der Waals surface area contributed by atoms with Crippen LogP contribution >= 0.6 is 12.6 Å². The zero-order chi connectivity index (χ0) is 11.5. The molecule has 1 aliphatic rings. The molecule has 0 aromatic rings. The molecule has 0 aliphatic heterocycles. The summed E-state index contributed by atoms with van der Waals surface area (Å²) in [6, 6.07) is 0.327. The van der Waals surface area contributed by atoms with Crippen molar-refractivity contribution in [2.45, 2.75) is 52.5 Å². The van der Waals surface area contributed by atoms with Crippen molar-refractivity contribution >= 4 is 18.5 Å². The van der Waals surface area contributed by atoms with E-state index in [0.29, 0.717) is 18.4 Å². The van der Waals surface area contributed by atoms with Crippen LogP contribution in [0, 0.1) is 11.3 Å². The Morgan fingerprint density at radius 2 is 2.07 bits per heavy atom. The Morgan fingerprint density at radius 3 is 2.40 bits per heavy atom. The van der Waals surface area contributed by atoms with Crippen LogP contribution in [0.1, 0.15) is 46.5 Å². The van der Waals surface area contributed by atoms with Crippen molar-refractivity contribution in [3.8, 4) is 0 Å². The molecule has 0 heterocycles. The summed E-state index contributed by atoms with van der Waals surface area (Å²) in [4.78, 5) is 11.8. The molecule has 3 heteroatoms. The molecule has 1 rings (SSSR count). The van der Waals surface area contributed by atoms with E-state index >= 15 is 0 Å². The van der Waals surface area contributed by atoms with Crippen molar-refractivity contribution in [1.82, 2.24) is 5.32 Å². The van der Waals surface area contributed by atoms with Gasteiger partial charge in [-0.25, -0.2) is 0 Å². The van der Waals surface area contributed by atoms with Gasteiger partial charge in [-0.05, 0) is 36.3 Å². The van der Waals surface area contributed by atoms with Crippen molar-refractivity contribution in [1.29, 1.82) is 0 Å². The van der Waals surface area contributed by atoms with Gasteiger partial charge in [-0.1, -0.05) is 20.8 Å². The number of nitrogens with one attached hydrogen (secondary N) is 1. The van der Waals surface area contributed by atoms with Crippen LogP contribution in [0.2, 0.25) is 0 Å². The highest BCUT2D eigenvalue weighted by molar-refractivity contribution is 7.80. The number of hydrogen-bond donors (Lipinski definition) is 2. The summed E-state index contributed by atoms with van der Waals surface area (Å²) in [6.45, 7) is 6.43. The van der Waals surface area contributed by atoms with Gasteiger partial charge in [-0.15, -0.1) is 0 Å². The van der Waals surface area contributed by atoms with Crippen molar-refractivity contribution < 1.29 is 4.79 Å².